The molecule has 0 spiro atoms. The third-order valence-corrected chi connectivity index (χ3v) is 2.71. The lowest BCUT2D eigenvalue weighted by Crippen LogP contribution is -2.23. The van der Waals surface area contributed by atoms with E-state index in [0.29, 0.717) is 13.0 Å². The fourth-order valence-electron chi connectivity index (χ4n) is 1.67. The number of aryl methyl sites for hydroxylation is 1. The summed E-state index contributed by atoms with van der Waals surface area (Å²) in [7, 11) is 1.85. The summed E-state index contributed by atoms with van der Waals surface area (Å²) < 4.78 is 1.72. The van der Waals surface area contributed by atoms with Crippen LogP contribution in [-0.2, 0) is 11.8 Å². The van der Waals surface area contributed by atoms with E-state index < -0.39 is 0 Å². The van der Waals surface area contributed by atoms with Crippen LogP contribution in [0.3, 0.4) is 0 Å². The lowest BCUT2D eigenvalue weighted by atomic mass is 10.1. The summed E-state index contributed by atoms with van der Waals surface area (Å²) in [5, 5.41) is 7.27. The molecule has 0 fully saturated rings. The van der Waals surface area contributed by atoms with Crippen LogP contribution in [0.25, 0.3) is 0 Å². The molecule has 1 atom stereocenters. The van der Waals surface area contributed by atoms with Crippen molar-refractivity contribution in [3.63, 3.8) is 0 Å². The quantitative estimate of drug-likeness (QED) is 0.815. The molecule has 1 rings (SSSR count). The standard InChI is InChI=1S/C12H22N4O/c1-8(2)11-10(7-16(4)15-11)14-12(17)9(3)5-6-13/h7-9H,5-6,13H2,1-4H3,(H,14,17). The first kappa shape index (κ1) is 13.7. The Morgan fingerprint density at radius 1 is 1.53 bits per heavy atom. The minimum atomic E-state index is -0.0692. The van der Waals surface area contributed by atoms with E-state index in [1.54, 1.807) is 4.68 Å². The second-order valence-corrected chi connectivity index (χ2v) is 4.72. The molecule has 3 N–H and O–H groups in total. The molecule has 0 saturated carbocycles. The van der Waals surface area contributed by atoms with Gasteiger partial charge in [-0.2, -0.15) is 5.10 Å². The van der Waals surface area contributed by atoms with Gasteiger partial charge in [0.2, 0.25) is 5.91 Å². The van der Waals surface area contributed by atoms with Crippen molar-refractivity contribution >= 4 is 11.6 Å². The Labute approximate surface area is 102 Å². The smallest absolute Gasteiger partial charge is 0.227 e. The van der Waals surface area contributed by atoms with Crippen LogP contribution in [0.2, 0.25) is 0 Å². The van der Waals surface area contributed by atoms with Gasteiger partial charge in [-0.3, -0.25) is 9.48 Å². The summed E-state index contributed by atoms with van der Waals surface area (Å²) >= 11 is 0. The highest BCUT2D eigenvalue weighted by atomic mass is 16.1. The zero-order valence-electron chi connectivity index (χ0n) is 11.0. The van der Waals surface area contributed by atoms with Gasteiger partial charge >= 0.3 is 0 Å². The number of nitrogens with one attached hydrogen (secondary N) is 1. The topological polar surface area (TPSA) is 72.9 Å². The minimum Gasteiger partial charge on any atom is -0.330 e. The van der Waals surface area contributed by atoms with Crippen LogP contribution in [-0.4, -0.2) is 22.2 Å². The molecular weight excluding hydrogens is 216 g/mol. The number of hydrogen-bond acceptors (Lipinski definition) is 3. The summed E-state index contributed by atoms with van der Waals surface area (Å²) in [5.74, 6) is 0.224. The maximum Gasteiger partial charge on any atom is 0.227 e. The van der Waals surface area contributed by atoms with Crippen molar-refractivity contribution < 1.29 is 4.79 Å². The molecule has 5 nitrogen and oxygen atoms in total. The molecule has 0 aliphatic carbocycles. The molecular formula is C12H22N4O. The molecule has 96 valence electrons. The van der Waals surface area contributed by atoms with E-state index in [9.17, 15) is 4.79 Å². The van der Waals surface area contributed by atoms with Crippen molar-refractivity contribution in [2.75, 3.05) is 11.9 Å². The average Bonchev–Trinajstić information content (AvgIpc) is 2.60. The SMILES string of the molecule is CC(CCN)C(=O)Nc1cn(C)nc1C(C)C. The van der Waals surface area contributed by atoms with Crippen LogP contribution in [0.15, 0.2) is 6.20 Å². The van der Waals surface area contributed by atoms with Gasteiger partial charge in [0.05, 0.1) is 11.4 Å². The predicted molar refractivity (Wildman–Crippen MR) is 68.8 cm³/mol. The number of nitrogens with zero attached hydrogens (tertiary/aromatic N) is 2. The summed E-state index contributed by atoms with van der Waals surface area (Å²) in [4.78, 5) is 11.9. The Bertz CT molecular complexity index is 384. The highest BCUT2D eigenvalue weighted by Crippen LogP contribution is 2.22. The highest BCUT2D eigenvalue weighted by Gasteiger charge is 2.17. The molecule has 1 heterocycles. The van der Waals surface area contributed by atoms with Crippen molar-refractivity contribution in [1.82, 2.24) is 9.78 Å². The predicted octanol–water partition coefficient (Wildman–Crippen LogP) is 1.47. The van der Waals surface area contributed by atoms with Gasteiger partial charge in [-0.05, 0) is 18.9 Å². The maximum atomic E-state index is 11.9. The molecule has 0 aliphatic heterocycles. The van der Waals surface area contributed by atoms with Crippen LogP contribution in [0.5, 0.6) is 0 Å². The first-order valence-electron chi connectivity index (χ1n) is 6.00. The Balaban J connectivity index is 2.77. The van der Waals surface area contributed by atoms with E-state index in [0.717, 1.165) is 11.4 Å². The molecule has 1 aromatic heterocycles. The number of rotatable bonds is 5. The Morgan fingerprint density at radius 3 is 2.71 bits per heavy atom. The monoisotopic (exact) mass is 238 g/mol. The Hall–Kier alpha value is -1.36. The lowest BCUT2D eigenvalue weighted by Gasteiger charge is -2.11. The highest BCUT2D eigenvalue weighted by molar-refractivity contribution is 5.92. The van der Waals surface area contributed by atoms with E-state index in [4.69, 9.17) is 5.73 Å². The van der Waals surface area contributed by atoms with Gasteiger partial charge in [0.1, 0.15) is 0 Å². The number of aromatic nitrogens is 2. The van der Waals surface area contributed by atoms with Gasteiger partial charge in [0, 0.05) is 19.2 Å². The van der Waals surface area contributed by atoms with Crippen molar-refractivity contribution in [2.24, 2.45) is 18.7 Å². The molecule has 0 bridgehead atoms. The fraction of sp³-hybridized carbons (Fsp3) is 0.667. The second-order valence-electron chi connectivity index (χ2n) is 4.72. The third-order valence-electron chi connectivity index (χ3n) is 2.71. The second kappa shape index (κ2) is 5.82. The molecule has 1 unspecified atom stereocenters. The maximum absolute atomic E-state index is 11.9. The number of carbonyl (C=O) groups excluding carboxylic acids is 1. The van der Waals surface area contributed by atoms with Crippen molar-refractivity contribution in [2.45, 2.75) is 33.1 Å². The van der Waals surface area contributed by atoms with Crippen LogP contribution in [0.4, 0.5) is 5.69 Å². The van der Waals surface area contributed by atoms with Gasteiger partial charge < -0.3 is 11.1 Å². The van der Waals surface area contributed by atoms with E-state index in [1.807, 2.05) is 20.2 Å². The van der Waals surface area contributed by atoms with E-state index in [2.05, 4.69) is 24.3 Å². The number of hydrogen-bond donors (Lipinski definition) is 2. The molecule has 0 saturated heterocycles. The molecule has 5 heteroatoms. The van der Waals surface area contributed by atoms with Gasteiger partial charge in [-0.1, -0.05) is 20.8 Å². The van der Waals surface area contributed by atoms with Crippen LogP contribution >= 0.6 is 0 Å². The van der Waals surface area contributed by atoms with Gasteiger partial charge in [0.15, 0.2) is 0 Å². The molecule has 17 heavy (non-hydrogen) atoms. The molecule has 0 radical (unpaired) electrons. The normalized spacial score (nSPS) is 12.8. The number of nitrogens with two attached hydrogens (primary N) is 1. The molecule has 0 aromatic carbocycles. The van der Waals surface area contributed by atoms with Crippen molar-refractivity contribution in [3.8, 4) is 0 Å². The summed E-state index contributed by atoms with van der Waals surface area (Å²) in [6.45, 7) is 6.52. The summed E-state index contributed by atoms with van der Waals surface area (Å²) in [5.41, 5.74) is 7.17. The van der Waals surface area contributed by atoms with Crippen LogP contribution in [0.1, 0.15) is 38.8 Å². The molecule has 1 amide bonds. The largest absolute Gasteiger partial charge is 0.330 e. The Kier molecular flexibility index (Phi) is 4.69. The molecule has 0 aliphatic rings. The van der Waals surface area contributed by atoms with Gasteiger partial charge in [-0.25, -0.2) is 0 Å². The fourth-order valence-corrected chi connectivity index (χ4v) is 1.67. The zero-order chi connectivity index (χ0) is 13.0. The van der Waals surface area contributed by atoms with Gasteiger partial charge in [0.25, 0.3) is 0 Å². The molecule has 1 aromatic rings. The van der Waals surface area contributed by atoms with Crippen LogP contribution < -0.4 is 11.1 Å². The van der Waals surface area contributed by atoms with Crippen LogP contribution in [0, 0.1) is 5.92 Å². The lowest BCUT2D eigenvalue weighted by molar-refractivity contribution is -0.119. The average molecular weight is 238 g/mol. The number of carbonyl (C=O) groups is 1. The van der Waals surface area contributed by atoms with Gasteiger partial charge in [-0.15, -0.1) is 0 Å². The summed E-state index contributed by atoms with van der Waals surface area (Å²) in [6.07, 6.45) is 2.53. The zero-order valence-corrected chi connectivity index (χ0v) is 11.0. The first-order valence-corrected chi connectivity index (χ1v) is 6.00. The van der Waals surface area contributed by atoms with E-state index in [1.165, 1.54) is 0 Å². The first-order chi connectivity index (χ1) is 7.95. The number of amides is 1. The Morgan fingerprint density at radius 2 is 2.18 bits per heavy atom. The minimum absolute atomic E-state index is 0.00495. The van der Waals surface area contributed by atoms with E-state index >= 15 is 0 Å². The summed E-state index contributed by atoms with van der Waals surface area (Å²) in [6, 6.07) is 0. The van der Waals surface area contributed by atoms with E-state index in [-0.39, 0.29) is 17.7 Å². The number of anilines is 1. The van der Waals surface area contributed by atoms with Crippen molar-refractivity contribution in [1.29, 1.82) is 0 Å². The van der Waals surface area contributed by atoms with Crippen molar-refractivity contribution in [3.05, 3.63) is 11.9 Å². The third kappa shape index (κ3) is 3.56.